The van der Waals surface area contributed by atoms with Crippen molar-refractivity contribution in [1.29, 1.82) is 0 Å². The first kappa shape index (κ1) is 12.3. The molecule has 0 fully saturated rings. The molecule has 2 nitrogen and oxygen atoms in total. The van der Waals surface area contributed by atoms with E-state index >= 15 is 0 Å². The summed E-state index contributed by atoms with van der Waals surface area (Å²) in [5.41, 5.74) is 0.677. The van der Waals surface area contributed by atoms with E-state index in [1.165, 1.54) is 11.3 Å². The highest BCUT2D eigenvalue weighted by atomic mass is 79.9. The van der Waals surface area contributed by atoms with Crippen molar-refractivity contribution >= 4 is 50.5 Å². The van der Waals surface area contributed by atoms with Gasteiger partial charge in [-0.25, -0.2) is 4.98 Å². The Balaban J connectivity index is 2.33. The molecule has 0 saturated carbocycles. The molecular formula is C10H6BrCl2NOS. The topological polar surface area (TPSA) is 33.1 Å². The van der Waals surface area contributed by atoms with Crippen LogP contribution in [0.5, 0.6) is 0 Å². The molecule has 1 aromatic carbocycles. The number of thiazole rings is 1. The molecule has 16 heavy (non-hydrogen) atoms. The van der Waals surface area contributed by atoms with E-state index in [1.54, 1.807) is 18.2 Å². The van der Waals surface area contributed by atoms with Gasteiger partial charge in [-0.15, -0.1) is 11.3 Å². The van der Waals surface area contributed by atoms with Gasteiger partial charge in [0.05, 0.1) is 10.0 Å². The Kier molecular flexibility index (Phi) is 3.87. The summed E-state index contributed by atoms with van der Waals surface area (Å²) in [5, 5.41) is 13.4. The molecule has 0 aliphatic rings. The number of aliphatic hydroxyl groups is 1. The van der Waals surface area contributed by atoms with Crippen LogP contribution in [0.15, 0.2) is 28.2 Å². The molecule has 2 rings (SSSR count). The van der Waals surface area contributed by atoms with Gasteiger partial charge in [-0.2, -0.15) is 0 Å². The number of halogens is 3. The maximum absolute atomic E-state index is 10.0. The van der Waals surface area contributed by atoms with Crippen molar-refractivity contribution in [2.24, 2.45) is 0 Å². The van der Waals surface area contributed by atoms with Gasteiger partial charge in [0, 0.05) is 5.38 Å². The predicted octanol–water partition coefficient (Wildman–Crippen LogP) is 4.29. The van der Waals surface area contributed by atoms with Gasteiger partial charge in [0.1, 0.15) is 15.7 Å². The summed E-state index contributed by atoms with van der Waals surface area (Å²) in [6, 6.07) is 5.03. The summed E-state index contributed by atoms with van der Waals surface area (Å²) in [6.07, 6.45) is -0.772. The van der Waals surface area contributed by atoms with E-state index in [1.807, 2.05) is 5.38 Å². The van der Waals surface area contributed by atoms with Gasteiger partial charge >= 0.3 is 0 Å². The normalized spacial score (nSPS) is 12.8. The van der Waals surface area contributed by atoms with Crippen molar-refractivity contribution < 1.29 is 5.11 Å². The average molecular weight is 339 g/mol. The molecule has 2 aromatic rings. The molecule has 1 heterocycles. The van der Waals surface area contributed by atoms with E-state index in [0.29, 0.717) is 25.2 Å². The van der Waals surface area contributed by atoms with Crippen LogP contribution >= 0.6 is 50.5 Å². The molecule has 0 spiro atoms. The highest BCUT2D eigenvalue weighted by Crippen LogP contribution is 2.30. The third kappa shape index (κ3) is 2.57. The van der Waals surface area contributed by atoms with Crippen LogP contribution < -0.4 is 0 Å². The maximum atomic E-state index is 10.0. The summed E-state index contributed by atoms with van der Waals surface area (Å²) < 4.78 is 0.714. The SMILES string of the molecule is OC(c1ccc(Cl)c(Cl)c1)c1nc(Br)cs1. The fraction of sp³-hybridized carbons (Fsp3) is 0.100. The molecule has 1 aromatic heterocycles. The fourth-order valence-electron chi connectivity index (χ4n) is 1.22. The molecule has 0 amide bonds. The third-order valence-electron chi connectivity index (χ3n) is 1.99. The number of rotatable bonds is 2. The Morgan fingerprint density at radius 3 is 2.62 bits per heavy atom. The van der Waals surface area contributed by atoms with Crippen molar-refractivity contribution in [3.8, 4) is 0 Å². The highest BCUT2D eigenvalue weighted by Gasteiger charge is 2.15. The number of hydrogen-bond donors (Lipinski definition) is 1. The van der Waals surface area contributed by atoms with Crippen LogP contribution in [0.1, 0.15) is 16.7 Å². The molecule has 6 heteroatoms. The maximum Gasteiger partial charge on any atom is 0.131 e. The third-order valence-corrected chi connectivity index (χ3v) is 4.33. The second-order valence-electron chi connectivity index (χ2n) is 3.08. The van der Waals surface area contributed by atoms with Gasteiger partial charge in [-0.05, 0) is 33.6 Å². The highest BCUT2D eigenvalue weighted by molar-refractivity contribution is 9.10. The van der Waals surface area contributed by atoms with Gasteiger partial charge in [-0.1, -0.05) is 29.3 Å². The molecule has 0 aliphatic heterocycles. The van der Waals surface area contributed by atoms with E-state index in [2.05, 4.69) is 20.9 Å². The second kappa shape index (κ2) is 5.02. The Hall–Kier alpha value is -0.130. The number of nitrogens with zero attached hydrogens (tertiary/aromatic N) is 1. The summed E-state index contributed by atoms with van der Waals surface area (Å²) in [6.45, 7) is 0. The van der Waals surface area contributed by atoms with Gasteiger partial charge < -0.3 is 5.11 Å². The van der Waals surface area contributed by atoms with Gasteiger partial charge in [0.25, 0.3) is 0 Å². The van der Waals surface area contributed by atoms with E-state index in [-0.39, 0.29) is 0 Å². The van der Waals surface area contributed by atoms with Crippen LogP contribution in [0.25, 0.3) is 0 Å². The number of aromatic nitrogens is 1. The van der Waals surface area contributed by atoms with Crippen molar-refractivity contribution in [2.45, 2.75) is 6.10 Å². The van der Waals surface area contributed by atoms with Gasteiger partial charge in [0.2, 0.25) is 0 Å². The number of benzene rings is 1. The number of aliphatic hydroxyl groups excluding tert-OH is 1. The van der Waals surface area contributed by atoms with Crippen molar-refractivity contribution in [1.82, 2.24) is 4.98 Å². The van der Waals surface area contributed by atoms with E-state index < -0.39 is 6.10 Å². The Labute approximate surface area is 115 Å². The van der Waals surface area contributed by atoms with Crippen LogP contribution in [-0.2, 0) is 0 Å². The van der Waals surface area contributed by atoms with Crippen LogP contribution in [0.3, 0.4) is 0 Å². The molecule has 0 aliphatic carbocycles. The molecule has 1 atom stereocenters. The summed E-state index contributed by atoms with van der Waals surface area (Å²) in [7, 11) is 0. The van der Waals surface area contributed by atoms with Gasteiger partial charge in [-0.3, -0.25) is 0 Å². The molecule has 0 radical (unpaired) electrons. The van der Waals surface area contributed by atoms with Gasteiger partial charge in [0.15, 0.2) is 0 Å². The Morgan fingerprint density at radius 1 is 1.31 bits per heavy atom. The minimum atomic E-state index is -0.772. The zero-order valence-electron chi connectivity index (χ0n) is 7.82. The minimum Gasteiger partial charge on any atom is -0.381 e. The Morgan fingerprint density at radius 2 is 2.06 bits per heavy atom. The smallest absolute Gasteiger partial charge is 0.131 e. The Bertz CT molecular complexity index is 517. The molecule has 0 saturated heterocycles. The standard InChI is InChI=1S/C10H6BrCl2NOS/c11-8-4-16-10(14-8)9(15)5-1-2-6(12)7(13)3-5/h1-4,9,15H. The quantitative estimate of drug-likeness (QED) is 0.885. The first-order valence-corrected chi connectivity index (χ1v) is 6.74. The second-order valence-corrected chi connectivity index (χ2v) is 5.60. The zero-order chi connectivity index (χ0) is 11.7. The molecule has 84 valence electrons. The molecule has 1 unspecified atom stereocenters. The predicted molar refractivity (Wildman–Crippen MR) is 70.3 cm³/mol. The lowest BCUT2D eigenvalue weighted by molar-refractivity contribution is 0.219. The lowest BCUT2D eigenvalue weighted by atomic mass is 10.1. The van der Waals surface area contributed by atoms with Crippen LogP contribution in [-0.4, -0.2) is 10.1 Å². The lowest BCUT2D eigenvalue weighted by Gasteiger charge is -2.08. The van der Waals surface area contributed by atoms with Crippen LogP contribution in [0.4, 0.5) is 0 Å². The fourth-order valence-corrected chi connectivity index (χ4v) is 2.80. The summed E-state index contributed by atoms with van der Waals surface area (Å²) in [5.74, 6) is 0. The zero-order valence-corrected chi connectivity index (χ0v) is 11.7. The minimum absolute atomic E-state index is 0.425. The molecule has 0 bridgehead atoms. The first-order chi connectivity index (χ1) is 7.58. The molecule has 1 N–H and O–H groups in total. The van der Waals surface area contributed by atoms with Crippen molar-refractivity contribution in [2.75, 3.05) is 0 Å². The summed E-state index contributed by atoms with van der Waals surface area (Å²) >= 11 is 16.3. The van der Waals surface area contributed by atoms with E-state index in [4.69, 9.17) is 23.2 Å². The average Bonchev–Trinajstić information content (AvgIpc) is 2.68. The first-order valence-electron chi connectivity index (χ1n) is 4.32. The monoisotopic (exact) mass is 337 g/mol. The van der Waals surface area contributed by atoms with Crippen LogP contribution in [0, 0.1) is 0 Å². The summed E-state index contributed by atoms with van der Waals surface area (Å²) in [4.78, 5) is 4.15. The molecular weight excluding hydrogens is 333 g/mol. The number of hydrogen-bond acceptors (Lipinski definition) is 3. The van der Waals surface area contributed by atoms with Crippen LogP contribution in [0.2, 0.25) is 10.0 Å². The largest absolute Gasteiger partial charge is 0.381 e. The van der Waals surface area contributed by atoms with E-state index in [9.17, 15) is 5.11 Å². The van der Waals surface area contributed by atoms with E-state index in [0.717, 1.165) is 0 Å². The van der Waals surface area contributed by atoms with Crippen molar-refractivity contribution in [3.63, 3.8) is 0 Å². The lowest BCUT2D eigenvalue weighted by Crippen LogP contribution is -1.98. The van der Waals surface area contributed by atoms with Crippen molar-refractivity contribution in [3.05, 3.63) is 48.8 Å².